The van der Waals surface area contributed by atoms with Crippen molar-refractivity contribution in [2.75, 3.05) is 0 Å². The zero-order valence-electron chi connectivity index (χ0n) is 12.7. The predicted octanol–water partition coefficient (Wildman–Crippen LogP) is 5.21. The van der Waals surface area contributed by atoms with Gasteiger partial charge in [-0.2, -0.15) is 0 Å². The minimum atomic E-state index is 0.266. The highest BCUT2D eigenvalue weighted by Gasteiger charge is 2.40. The number of rotatable bonds is 4. The standard InChI is InChI=1S/C20H22ClN/c21-18-10-8-16(9-11-18)20(15-4-2-1-3-5-15)22-19-13-14-6-7-17(19)12-14/h1-5,8-11,14,17,19-20,22H,6-7,12-13H2. The van der Waals surface area contributed by atoms with Crippen molar-refractivity contribution < 1.29 is 0 Å². The summed E-state index contributed by atoms with van der Waals surface area (Å²) < 4.78 is 0. The maximum Gasteiger partial charge on any atom is 0.0578 e. The number of halogens is 1. The third-order valence-electron chi connectivity index (χ3n) is 5.46. The van der Waals surface area contributed by atoms with Crippen LogP contribution in [0.3, 0.4) is 0 Å². The second-order valence-electron chi connectivity index (χ2n) is 6.84. The fourth-order valence-electron chi connectivity index (χ4n) is 4.35. The Labute approximate surface area is 137 Å². The average molecular weight is 312 g/mol. The lowest BCUT2D eigenvalue weighted by Crippen LogP contribution is -2.37. The zero-order chi connectivity index (χ0) is 14.9. The summed E-state index contributed by atoms with van der Waals surface area (Å²) in [5.74, 6) is 1.84. The third-order valence-corrected chi connectivity index (χ3v) is 5.71. The van der Waals surface area contributed by atoms with Gasteiger partial charge < -0.3 is 5.32 Å². The fourth-order valence-corrected chi connectivity index (χ4v) is 4.47. The van der Waals surface area contributed by atoms with Gasteiger partial charge in [-0.15, -0.1) is 0 Å². The van der Waals surface area contributed by atoms with Gasteiger partial charge in [0.2, 0.25) is 0 Å². The molecular formula is C20H22ClN. The molecule has 0 aromatic heterocycles. The summed E-state index contributed by atoms with van der Waals surface area (Å²) in [5.41, 5.74) is 2.64. The van der Waals surface area contributed by atoms with E-state index >= 15 is 0 Å². The van der Waals surface area contributed by atoms with Crippen molar-refractivity contribution in [3.05, 3.63) is 70.7 Å². The van der Waals surface area contributed by atoms with E-state index in [4.69, 9.17) is 11.6 Å². The van der Waals surface area contributed by atoms with Crippen LogP contribution in [-0.2, 0) is 0 Å². The molecule has 0 aliphatic heterocycles. The molecule has 2 bridgehead atoms. The van der Waals surface area contributed by atoms with Crippen molar-refractivity contribution in [3.63, 3.8) is 0 Å². The van der Waals surface area contributed by atoms with E-state index in [0.717, 1.165) is 16.9 Å². The predicted molar refractivity (Wildman–Crippen MR) is 92.1 cm³/mol. The van der Waals surface area contributed by atoms with Crippen molar-refractivity contribution in [2.24, 2.45) is 11.8 Å². The van der Waals surface area contributed by atoms with Crippen LogP contribution in [0.15, 0.2) is 54.6 Å². The Bertz CT molecular complexity index is 622. The molecule has 0 heterocycles. The summed E-state index contributed by atoms with van der Waals surface area (Å²) in [6.07, 6.45) is 5.63. The van der Waals surface area contributed by atoms with Gasteiger partial charge in [-0.1, -0.05) is 60.5 Å². The quantitative estimate of drug-likeness (QED) is 0.817. The van der Waals surface area contributed by atoms with Gasteiger partial charge in [0.05, 0.1) is 6.04 Å². The monoisotopic (exact) mass is 311 g/mol. The van der Waals surface area contributed by atoms with E-state index < -0.39 is 0 Å². The van der Waals surface area contributed by atoms with Crippen molar-refractivity contribution >= 4 is 11.6 Å². The molecule has 2 aliphatic rings. The number of hydrogen-bond acceptors (Lipinski definition) is 1. The van der Waals surface area contributed by atoms with Gasteiger partial charge in [0.15, 0.2) is 0 Å². The lowest BCUT2D eigenvalue weighted by molar-refractivity contribution is 0.334. The van der Waals surface area contributed by atoms with Gasteiger partial charge >= 0.3 is 0 Å². The van der Waals surface area contributed by atoms with Gasteiger partial charge in [-0.25, -0.2) is 0 Å². The van der Waals surface area contributed by atoms with Crippen molar-refractivity contribution in [1.82, 2.24) is 5.32 Å². The lowest BCUT2D eigenvalue weighted by Gasteiger charge is -2.29. The topological polar surface area (TPSA) is 12.0 Å². The second kappa shape index (κ2) is 6.06. The van der Waals surface area contributed by atoms with E-state index in [0.29, 0.717) is 6.04 Å². The van der Waals surface area contributed by atoms with Crippen LogP contribution in [0.5, 0.6) is 0 Å². The van der Waals surface area contributed by atoms with Crippen LogP contribution in [0.25, 0.3) is 0 Å². The molecule has 2 saturated carbocycles. The number of benzene rings is 2. The summed E-state index contributed by atoms with van der Waals surface area (Å²) in [7, 11) is 0. The van der Waals surface area contributed by atoms with Gasteiger partial charge in [-0.05, 0) is 54.4 Å². The molecule has 0 radical (unpaired) electrons. The first-order chi connectivity index (χ1) is 10.8. The SMILES string of the molecule is Clc1ccc(C(NC2CC3CCC2C3)c2ccccc2)cc1. The third kappa shape index (κ3) is 2.80. The Balaban J connectivity index is 1.62. The van der Waals surface area contributed by atoms with Gasteiger partial charge in [0.25, 0.3) is 0 Å². The maximum absolute atomic E-state index is 6.06. The molecule has 4 rings (SSSR count). The molecular weight excluding hydrogens is 290 g/mol. The van der Waals surface area contributed by atoms with Crippen LogP contribution in [-0.4, -0.2) is 6.04 Å². The highest BCUT2D eigenvalue weighted by Crippen LogP contribution is 2.45. The van der Waals surface area contributed by atoms with Crippen molar-refractivity contribution in [2.45, 2.75) is 37.8 Å². The number of hydrogen-bond donors (Lipinski definition) is 1. The molecule has 2 heteroatoms. The molecule has 2 aromatic carbocycles. The Hall–Kier alpha value is -1.31. The summed E-state index contributed by atoms with van der Waals surface area (Å²) in [6.45, 7) is 0. The molecule has 114 valence electrons. The number of nitrogens with one attached hydrogen (secondary N) is 1. The van der Waals surface area contributed by atoms with E-state index in [9.17, 15) is 0 Å². The first-order valence-electron chi connectivity index (χ1n) is 8.36. The molecule has 2 aliphatic carbocycles. The summed E-state index contributed by atoms with van der Waals surface area (Å²) in [5, 5.41) is 4.76. The van der Waals surface area contributed by atoms with Crippen LogP contribution in [0.1, 0.15) is 42.9 Å². The molecule has 4 unspecified atom stereocenters. The average Bonchev–Trinajstić information content (AvgIpc) is 3.17. The summed E-state index contributed by atoms with van der Waals surface area (Å²) in [4.78, 5) is 0. The molecule has 2 aromatic rings. The van der Waals surface area contributed by atoms with E-state index in [-0.39, 0.29) is 6.04 Å². The molecule has 1 N–H and O–H groups in total. The van der Waals surface area contributed by atoms with Crippen LogP contribution < -0.4 is 5.32 Å². The molecule has 1 nitrogen and oxygen atoms in total. The molecule has 0 spiro atoms. The van der Waals surface area contributed by atoms with E-state index in [1.165, 1.54) is 36.8 Å². The first-order valence-corrected chi connectivity index (χ1v) is 8.74. The highest BCUT2D eigenvalue weighted by atomic mass is 35.5. The van der Waals surface area contributed by atoms with Crippen LogP contribution in [0.2, 0.25) is 5.02 Å². The van der Waals surface area contributed by atoms with Crippen molar-refractivity contribution in [3.8, 4) is 0 Å². The zero-order valence-corrected chi connectivity index (χ0v) is 13.5. The van der Waals surface area contributed by atoms with Crippen molar-refractivity contribution in [1.29, 1.82) is 0 Å². The first kappa shape index (κ1) is 14.3. The minimum Gasteiger partial charge on any atom is -0.303 e. The van der Waals surface area contributed by atoms with E-state index in [2.05, 4.69) is 47.8 Å². The molecule has 2 fully saturated rings. The number of fused-ring (bicyclic) bond motifs is 2. The van der Waals surface area contributed by atoms with Gasteiger partial charge in [-0.3, -0.25) is 0 Å². The Morgan fingerprint density at radius 3 is 2.23 bits per heavy atom. The largest absolute Gasteiger partial charge is 0.303 e. The molecule has 0 amide bonds. The van der Waals surface area contributed by atoms with E-state index in [1.807, 2.05) is 12.1 Å². The van der Waals surface area contributed by atoms with Gasteiger partial charge in [0, 0.05) is 11.1 Å². The van der Waals surface area contributed by atoms with Crippen LogP contribution >= 0.6 is 11.6 Å². The smallest absolute Gasteiger partial charge is 0.0578 e. The fraction of sp³-hybridized carbons (Fsp3) is 0.400. The van der Waals surface area contributed by atoms with Crippen LogP contribution in [0.4, 0.5) is 0 Å². The highest BCUT2D eigenvalue weighted by molar-refractivity contribution is 6.30. The summed E-state index contributed by atoms with van der Waals surface area (Å²) in [6, 6.07) is 20.0. The lowest BCUT2D eigenvalue weighted by atomic mass is 9.92. The Kier molecular flexibility index (Phi) is 3.94. The normalized spacial score (nSPS) is 28.0. The van der Waals surface area contributed by atoms with Crippen LogP contribution in [0, 0.1) is 11.8 Å². The Morgan fingerprint density at radius 1 is 0.864 bits per heavy atom. The molecule has 0 saturated heterocycles. The molecule has 22 heavy (non-hydrogen) atoms. The Morgan fingerprint density at radius 2 is 1.59 bits per heavy atom. The van der Waals surface area contributed by atoms with E-state index in [1.54, 1.807) is 0 Å². The minimum absolute atomic E-state index is 0.266. The van der Waals surface area contributed by atoms with Gasteiger partial charge in [0.1, 0.15) is 0 Å². The maximum atomic E-state index is 6.06. The summed E-state index contributed by atoms with van der Waals surface area (Å²) >= 11 is 6.06. The molecule has 4 atom stereocenters. The second-order valence-corrected chi connectivity index (χ2v) is 7.28.